The zero-order chi connectivity index (χ0) is 17.4. The molecule has 0 fully saturated rings. The summed E-state index contributed by atoms with van der Waals surface area (Å²) in [5.41, 5.74) is 5.24. The van der Waals surface area contributed by atoms with E-state index in [2.05, 4.69) is 46.6 Å². The van der Waals surface area contributed by atoms with E-state index < -0.39 is 0 Å². The standard InChI is InChI=1S/C18H25N5S/c1-13(2)7-6-8-14(3)21-18(24)23-20-12-15-11-19-16-9-4-5-10-17(16)22-15/h4-5,9-14H,6-8H2,1-3H3,(H2,21,23,24)/b20-12-/t14-/m1/s1. The molecule has 2 N–H and O–H groups in total. The van der Waals surface area contributed by atoms with Crippen molar-refractivity contribution in [2.24, 2.45) is 11.0 Å². The van der Waals surface area contributed by atoms with Gasteiger partial charge in [0.25, 0.3) is 0 Å². The van der Waals surface area contributed by atoms with Crippen LogP contribution in [0.1, 0.15) is 45.7 Å². The smallest absolute Gasteiger partial charge is 0.187 e. The lowest BCUT2D eigenvalue weighted by Crippen LogP contribution is -2.38. The summed E-state index contributed by atoms with van der Waals surface area (Å²) in [5.74, 6) is 0.745. The van der Waals surface area contributed by atoms with Gasteiger partial charge in [-0.25, -0.2) is 4.98 Å². The van der Waals surface area contributed by atoms with Crippen LogP contribution in [-0.4, -0.2) is 27.3 Å². The van der Waals surface area contributed by atoms with Crippen molar-refractivity contribution in [1.82, 2.24) is 20.7 Å². The number of hydrogen-bond donors (Lipinski definition) is 2. The minimum atomic E-state index is 0.333. The van der Waals surface area contributed by atoms with E-state index in [1.165, 1.54) is 12.8 Å². The van der Waals surface area contributed by atoms with Gasteiger partial charge in [0.1, 0.15) is 5.69 Å². The first-order chi connectivity index (χ1) is 11.5. The topological polar surface area (TPSA) is 62.2 Å². The maximum atomic E-state index is 5.25. The number of para-hydroxylation sites is 2. The van der Waals surface area contributed by atoms with Gasteiger partial charge in [-0.2, -0.15) is 5.10 Å². The number of rotatable bonds is 7. The number of benzene rings is 1. The Morgan fingerprint density at radius 2 is 1.96 bits per heavy atom. The van der Waals surface area contributed by atoms with Crippen LogP contribution in [0.25, 0.3) is 11.0 Å². The monoisotopic (exact) mass is 343 g/mol. The zero-order valence-corrected chi connectivity index (χ0v) is 15.3. The van der Waals surface area contributed by atoms with Gasteiger partial charge in [0.2, 0.25) is 0 Å². The Bertz CT molecular complexity index is 699. The highest BCUT2D eigenvalue weighted by Crippen LogP contribution is 2.08. The fourth-order valence-corrected chi connectivity index (χ4v) is 2.61. The van der Waals surface area contributed by atoms with E-state index in [1.807, 2.05) is 24.3 Å². The fraction of sp³-hybridized carbons (Fsp3) is 0.444. The Morgan fingerprint density at radius 3 is 2.71 bits per heavy atom. The van der Waals surface area contributed by atoms with Crippen LogP contribution in [0.2, 0.25) is 0 Å². The summed E-state index contributed by atoms with van der Waals surface area (Å²) in [5, 5.41) is 7.89. The van der Waals surface area contributed by atoms with Gasteiger partial charge in [0, 0.05) is 6.04 Å². The highest BCUT2D eigenvalue weighted by atomic mass is 32.1. The molecule has 1 aromatic carbocycles. The maximum absolute atomic E-state index is 5.25. The third-order valence-corrected chi connectivity index (χ3v) is 3.84. The SMILES string of the molecule is CC(C)CCC[C@@H](C)NC(=S)N/N=C\c1cnc2ccccc2n1. The lowest BCUT2D eigenvalue weighted by Gasteiger charge is -2.15. The number of fused-ring (bicyclic) bond motifs is 1. The second-order valence-corrected chi connectivity index (χ2v) is 6.76. The van der Waals surface area contributed by atoms with Gasteiger partial charge in [0.05, 0.1) is 23.4 Å². The molecule has 1 heterocycles. The van der Waals surface area contributed by atoms with Gasteiger partial charge in [-0.05, 0) is 43.6 Å². The molecular weight excluding hydrogens is 318 g/mol. The van der Waals surface area contributed by atoms with Gasteiger partial charge < -0.3 is 5.32 Å². The third kappa shape index (κ3) is 6.20. The van der Waals surface area contributed by atoms with Crippen molar-refractivity contribution in [2.45, 2.75) is 46.1 Å². The third-order valence-electron chi connectivity index (χ3n) is 3.63. The summed E-state index contributed by atoms with van der Waals surface area (Å²) in [6.07, 6.45) is 6.85. The van der Waals surface area contributed by atoms with Crippen LogP contribution in [-0.2, 0) is 0 Å². The van der Waals surface area contributed by atoms with Crippen LogP contribution in [0, 0.1) is 5.92 Å². The van der Waals surface area contributed by atoms with Crippen molar-refractivity contribution >= 4 is 34.6 Å². The van der Waals surface area contributed by atoms with Crippen LogP contribution in [0.15, 0.2) is 35.6 Å². The van der Waals surface area contributed by atoms with Gasteiger partial charge in [-0.1, -0.05) is 38.8 Å². The number of hydrazone groups is 1. The molecule has 5 nitrogen and oxygen atoms in total. The molecule has 2 rings (SSSR count). The van der Waals surface area contributed by atoms with Crippen molar-refractivity contribution in [3.63, 3.8) is 0 Å². The number of nitrogens with one attached hydrogen (secondary N) is 2. The molecule has 0 radical (unpaired) electrons. The number of hydrogen-bond acceptors (Lipinski definition) is 4. The molecule has 0 saturated heterocycles. The molecule has 24 heavy (non-hydrogen) atoms. The molecule has 128 valence electrons. The molecule has 0 saturated carbocycles. The minimum absolute atomic E-state index is 0.333. The first-order valence-corrected chi connectivity index (χ1v) is 8.77. The molecule has 2 aromatic rings. The summed E-state index contributed by atoms with van der Waals surface area (Å²) in [4.78, 5) is 8.82. The van der Waals surface area contributed by atoms with E-state index >= 15 is 0 Å². The van der Waals surface area contributed by atoms with Gasteiger partial charge in [-0.3, -0.25) is 10.4 Å². The summed E-state index contributed by atoms with van der Waals surface area (Å²) < 4.78 is 0. The molecule has 1 atom stereocenters. The number of nitrogens with zero attached hydrogens (tertiary/aromatic N) is 3. The predicted molar refractivity (Wildman–Crippen MR) is 104 cm³/mol. The van der Waals surface area contributed by atoms with Crippen LogP contribution in [0.5, 0.6) is 0 Å². The second kappa shape index (κ2) is 9.27. The molecule has 0 unspecified atom stereocenters. The first kappa shape index (κ1) is 18.3. The lowest BCUT2D eigenvalue weighted by atomic mass is 10.0. The summed E-state index contributed by atoms with van der Waals surface area (Å²) in [7, 11) is 0. The summed E-state index contributed by atoms with van der Waals surface area (Å²) in [6.45, 7) is 6.62. The van der Waals surface area contributed by atoms with Gasteiger partial charge >= 0.3 is 0 Å². The molecular formula is C18H25N5S. The molecule has 1 aromatic heterocycles. The fourth-order valence-electron chi connectivity index (χ4n) is 2.35. The average molecular weight is 344 g/mol. The average Bonchev–Trinajstić information content (AvgIpc) is 2.54. The predicted octanol–water partition coefficient (Wildman–Crippen LogP) is 3.64. The highest BCUT2D eigenvalue weighted by molar-refractivity contribution is 7.80. The maximum Gasteiger partial charge on any atom is 0.187 e. The number of thiocarbonyl (C=S) groups is 1. The molecule has 0 bridgehead atoms. The molecule has 0 spiro atoms. The Kier molecular flexibility index (Phi) is 7.06. The lowest BCUT2D eigenvalue weighted by molar-refractivity contribution is 0.493. The van der Waals surface area contributed by atoms with Crippen LogP contribution >= 0.6 is 12.2 Å². The van der Waals surface area contributed by atoms with E-state index in [4.69, 9.17) is 12.2 Å². The van der Waals surface area contributed by atoms with Gasteiger partial charge in [0.15, 0.2) is 5.11 Å². The Morgan fingerprint density at radius 1 is 1.21 bits per heavy atom. The quantitative estimate of drug-likeness (QED) is 0.456. The number of aromatic nitrogens is 2. The van der Waals surface area contributed by atoms with Crippen molar-refractivity contribution in [1.29, 1.82) is 0 Å². The van der Waals surface area contributed by atoms with Crippen molar-refractivity contribution < 1.29 is 0 Å². The van der Waals surface area contributed by atoms with E-state index in [0.717, 1.165) is 23.4 Å². The van der Waals surface area contributed by atoms with E-state index in [1.54, 1.807) is 12.4 Å². The Hall–Kier alpha value is -2.08. The van der Waals surface area contributed by atoms with E-state index in [9.17, 15) is 0 Å². The van der Waals surface area contributed by atoms with Crippen molar-refractivity contribution in [3.8, 4) is 0 Å². The van der Waals surface area contributed by atoms with Gasteiger partial charge in [-0.15, -0.1) is 0 Å². The summed E-state index contributed by atoms with van der Waals surface area (Å²) in [6, 6.07) is 8.08. The highest BCUT2D eigenvalue weighted by Gasteiger charge is 2.04. The van der Waals surface area contributed by atoms with Crippen LogP contribution in [0.4, 0.5) is 0 Å². The normalized spacial score (nSPS) is 12.7. The van der Waals surface area contributed by atoms with E-state index in [-0.39, 0.29) is 0 Å². The molecule has 0 aliphatic carbocycles. The largest absolute Gasteiger partial charge is 0.359 e. The van der Waals surface area contributed by atoms with E-state index in [0.29, 0.717) is 16.8 Å². The first-order valence-electron chi connectivity index (χ1n) is 8.36. The Balaban J connectivity index is 1.78. The molecule has 0 amide bonds. The zero-order valence-electron chi connectivity index (χ0n) is 14.5. The molecule has 0 aliphatic rings. The Labute approximate surface area is 149 Å². The van der Waals surface area contributed by atoms with Crippen molar-refractivity contribution in [2.75, 3.05) is 0 Å². The van der Waals surface area contributed by atoms with Crippen molar-refractivity contribution in [3.05, 3.63) is 36.2 Å². The molecule has 0 aliphatic heterocycles. The molecule has 6 heteroatoms. The van der Waals surface area contributed by atoms with Crippen LogP contribution in [0.3, 0.4) is 0 Å². The minimum Gasteiger partial charge on any atom is -0.359 e. The van der Waals surface area contributed by atoms with Crippen LogP contribution < -0.4 is 10.7 Å². The summed E-state index contributed by atoms with van der Waals surface area (Å²) >= 11 is 5.25. The second-order valence-electron chi connectivity index (χ2n) is 6.35.